The Balaban J connectivity index is 1.69. The number of fused-ring (bicyclic) bond motifs is 3. The van der Waals surface area contributed by atoms with Crippen molar-refractivity contribution in [2.24, 2.45) is 0 Å². The molecule has 0 aliphatic carbocycles. The Kier molecular flexibility index (Phi) is 3.89. The number of hydrogen-bond acceptors (Lipinski definition) is 3. The molecule has 0 radical (unpaired) electrons. The minimum atomic E-state index is -0.398. The number of rotatable bonds is 3. The molecule has 1 N–H and O–H groups in total. The Morgan fingerprint density at radius 2 is 2.05 bits per heavy atom. The average Bonchev–Trinajstić information content (AvgIpc) is 2.43. The Bertz CT molecular complexity index is 463. The molecule has 3 saturated heterocycles. The third kappa shape index (κ3) is 2.84. The molecule has 2 atom stereocenters. The Morgan fingerprint density at radius 1 is 1.32 bits per heavy atom. The number of halogens is 2. The van der Waals surface area contributed by atoms with Gasteiger partial charge >= 0.3 is 0 Å². The lowest BCUT2D eigenvalue weighted by Crippen LogP contribution is -2.64. The van der Waals surface area contributed by atoms with Crippen LogP contribution in [0.2, 0.25) is 0 Å². The van der Waals surface area contributed by atoms with Crippen LogP contribution >= 0.6 is 15.9 Å². The standard InChI is InChI=1S/C14H18BrFN2O/c15-12-8-11(16)2-1-10(12)7-14(19)13-9-17-3-5-18(13)6-4-17/h1-2,8,13-14,19H,3-7,9H2. The zero-order valence-electron chi connectivity index (χ0n) is 10.7. The first-order valence-corrected chi connectivity index (χ1v) is 7.51. The van der Waals surface area contributed by atoms with Crippen molar-refractivity contribution in [1.82, 2.24) is 9.80 Å². The topological polar surface area (TPSA) is 26.7 Å². The highest BCUT2D eigenvalue weighted by Gasteiger charge is 2.36. The lowest BCUT2D eigenvalue weighted by molar-refractivity contribution is -0.0453. The molecule has 3 nitrogen and oxygen atoms in total. The number of piperazine rings is 3. The van der Waals surface area contributed by atoms with E-state index in [9.17, 15) is 9.50 Å². The van der Waals surface area contributed by atoms with E-state index in [1.165, 1.54) is 12.1 Å². The number of aliphatic hydroxyl groups excluding tert-OH is 1. The summed E-state index contributed by atoms with van der Waals surface area (Å²) < 4.78 is 13.8. The van der Waals surface area contributed by atoms with Gasteiger partial charge in [0.1, 0.15) is 5.82 Å². The van der Waals surface area contributed by atoms with E-state index < -0.39 is 6.10 Å². The number of hydrogen-bond donors (Lipinski definition) is 1. The van der Waals surface area contributed by atoms with Gasteiger partial charge < -0.3 is 5.11 Å². The summed E-state index contributed by atoms with van der Waals surface area (Å²) in [6, 6.07) is 4.86. The second kappa shape index (κ2) is 5.48. The zero-order chi connectivity index (χ0) is 13.4. The van der Waals surface area contributed by atoms with Crippen LogP contribution < -0.4 is 0 Å². The Labute approximate surface area is 121 Å². The van der Waals surface area contributed by atoms with Crippen molar-refractivity contribution < 1.29 is 9.50 Å². The molecule has 2 bridgehead atoms. The van der Waals surface area contributed by atoms with E-state index in [1.54, 1.807) is 6.07 Å². The van der Waals surface area contributed by atoms with E-state index in [2.05, 4.69) is 25.7 Å². The number of aliphatic hydroxyl groups is 1. The van der Waals surface area contributed by atoms with Crippen molar-refractivity contribution in [3.63, 3.8) is 0 Å². The minimum absolute atomic E-state index is 0.208. The van der Waals surface area contributed by atoms with Gasteiger partial charge in [0.25, 0.3) is 0 Å². The lowest BCUT2D eigenvalue weighted by atomic mass is 9.97. The van der Waals surface area contributed by atoms with Crippen LogP contribution in [-0.4, -0.2) is 59.8 Å². The molecule has 5 heteroatoms. The van der Waals surface area contributed by atoms with Gasteiger partial charge in [-0.2, -0.15) is 0 Å². The fourth-order valence-electron chi connectivity index (χ4n) is 3.07. The van der Waals surface area contributed by atoms with E-state index in [0.29, 0.717) is 6.42 Å². The van der Waals surface area contributed by atoms with Gasteiger partial charge in [-0.15, -0.1) is 0 Å². The monoisotopic (exact) mass is 328 g/mol. The predicted molar refractivity (Wildman–Crippen MR) is 75.6 cm³/mol. The average molecular weight is 329 g/mol. The molecule has 19 heavy (non-hydrogen) atoms. The first-order chi connectivity index (χ1) is 9.13. The smallest absolute Gasteiger partial charge is 0.124 e. The minimum Gasteiger partial charge on any atom is -0.391 e. The van der Waals surface area contributed by atoms with Crippen LogP contribution in [0.3, 0.4) is 0 Å². The summed E-state index contributed by atoms with van der Waals surface area (Å²) in [6.45, 7) is 5.27. The van der Waals surface area contributed by atoms with E-state index >= 15 is 0 Å². The largest absolute Gasteiger partial charge is 0.391 e. The molecule has 0 aromatic heterocycles. The third-order valence-electron chi connectivity index (χ3n) is 4.21. The summed E-state index contributed by atoms with van der Waals surface area (Å²) in [5, 5.41) is 10.5. The van der Waals surface area contributed by atoms with E-state index in [0.717, 1.165) is 42.8 Å². The van der Waals surface area contributed by atoms with Crippen molar-refractivity contribution in [1.29, 1.82) is 0 Å². The Hall–Kier alpha value is -0.490. The van der Waals surface area contributed by atoms with Crippen molar-refractivity contribution in [2.45, 2.75) is 18.6 Å². The molecule has 1 aromatic carbocycles. The van der Waals surface area contributed by atoms with Crippen molar-refractivity contribution >= 4 is 15.9 Å². The first kappa shape index (κ1) is 13.5. The maximum atomic E-state index is 13.1. The molecule has 0 saturated carbocycles. The van der Waals surface area contributed by atoms with Crippen LogP contribution in [0.4, 0.5) is 4.39 Å². The van der Waals surface area contributed by atoms with Crippen molar-refractivity contribution in [3.05, 3.63) is 34.1 Å². The molecule has 0 spiro atoms. The van der Waals surface area contributed by atoms with Crippen LogP contribution in [0.25, 0.3) is 0 Å². The van der Waals surface area contributed by atoms with Crippen LogP contribution in [-0.2, 0) is 6.42 Å². The molecule has 3 aliphatic rings. The van der Waals surface area contributed by atoms with Gasteiger partial charge in [0.15, 0.2) is 0 Å². The van der Waals surface area contributed by atoms with E-state index in [1.807, 2.05) is 0 Å². The molecule has 104 valence electrons. The van der Waals surface area contributed by atoms with Crippen LogP contribution in [0, 0.1) is 5.82 Å². The highest BCUT2D eigenvalue weighted by molar-refractivity contribution is 9.10. The second-order valence-corrected chi connectivity index (χ2v) is 6.27. The Morgan fingerprint density at radius 3 is 2.63 bits per heavy atom. The summed E-state index contributed by atoms with van der Waals surface area (Å²) in [4.78, 5) is 4.79. The quantitative estimate of drug-likeness (QED) is 0.910. The number of benzene rings is 1. The van der Waals surface area contributed by atoms with Gasteiger partial charge in [0, 0.05) is 49.7 Å². The molecule has 4 rings (SSSR count). The normalized spacial score (nSPS) is 31.4. The highest BCUT2D eigenvalue weighted by atomic mass is 79.9. The molecule has 3 fully saturated rings. The zero-order valence-corrected chi connectivity index (χ0v) is 12.3. The summed E-state index contributed by atoms with van der Waals surface area (Å²) in [7, 11) is 0. The van der Waals surface area contributed by atoms with Crippen molar-refractivity contribution in [2.75, 3.05) is 32.7 Å². The predicted octanol–water partition coefficient (Wildman–Crippen LogP) is 1.49. The molecule has 1 aromatic rings. The fourth-order valence-corrected chi connectivity index (χ4v) is 3.58. The summed E-state index contributed by atoms with van der Waals surface area (Å²) >= 11 is 3.37. The van der Waals surface area contributed by atoms with Gasteiger partial charge in [0.05, 0.1) is 6.10 Å². The molecule has 3 aliphatic heterocycles. The lowest BCUT2D eigenvalue weighted by Gasteiger charge is -2.49. The van der Waals surface area contributed by atoms with Gasteiger partial charge in [-0.05, 0) is 17.7 Å². The molecule has 2 unspecified atom stereocenters. The van der Waals surface area contributed by atoms with Gasteiger partial charge in [-0.1, -0.05) is 22.0 Å². The van der Waals surface area contributed by atoms with Crippen molar-refractivity contribution in [3.8, 4) is 0 Å². The van der Waals surface area contributed by atoms with E-state index in [4.69, 9.17) is 0 Å². The SMILES string of the molecule is OC(Cc1ccc(F)cc1Br)C1CN2CCN1CC2. The van der Waals surface area contributed by atoms with E-state index in [-0.39, 0.29) is 11.9 Å². The second-order valence-electron chi connectivity index (χ2n) is 5.41. The first-order valence-electron chi connectivity index (χ1n) is 6.72. The molecule has 3 heterocycles. The summed E-state index contributed by atoms with van der Waals surface area (Å²) in [6.07, 6.45) is 0.167. The molecular weight excluding hydrogens is 311 g/mol. The van der Waals surface area contributed by atoms with Gasteiger partial charge in [0.2, 0.25) is 0 Å². The van der Waals surface area contributed by atoms with Crippen LogP contribution in [0.5, 0.6) is 0 Å². The molecular formula is C14H18BrFN2O. The number of nitrogens with zero attached hydrogens (tertiary/aromatic N) is 2. The van der Waals surface area contributed by atoms with Crippen LogP contribution in [0.1, 0.15) is 5.56 Å². The third-order valence-corrected chi connectivity index (χ3v) is 4.95. The fraction of sp³-hybridized carbons (Fsp3) is 0.571. The maximum absolute atomic E-state index is 13.1. The highest BCUT2D eigenvalue weighted by Crippen LogP contribution is 2.24. The molecule has 0 amide bonds. The maximum Gasteiger partial charge on any atom is 0.124 e. The van der Waals surface area contributed by atoms with Crippen LogP contribution in [0.15, 0.2) is 22.7 Å². The summed E-state index contributed by atoms with van der Waals surface area (Å²) in [5.74, 6) is -0.253. The van der Waals surface area contributed by atoms with Gasteiger partial charge in [-0.3, -0.25) is 9.80 Å². The summed E-state index contributed by atoms with van der Waals surface area (Å²) in [5.41, 5.74) is 0.964. The van der Waals surface area contributed by atoms with Gasteiger partial charge in [-0.25, -0.2) is 4.39 Å².